The molecule has 7 heteroatoms. The maximum atomic E-state index is 11.9. The van der Waals surface area contributed by atoms with Gasteiger partial charge in [0.25, 0.3) is 0 Å². The van der Waals surface area contributed by atoms with Crippen molar-refractivity contribution < 1.29 is 19.4 Å². The normalized spacial score (nSPS) is 19.5. The fourth-order valence-electron chi connectivity index (χ4n) is 3.24. The summed E-state index contributed by atoms with van der Waals surface area (Å²) in [6.07, 6.45) is 1.15. The Kier molecular flexibility index (Phi) is 6.06. The van der Waals surface area contributed by atoms with Crippen LogP contribution in [0.3, 0.4) is 0 Å². The molecule has 0 aromatic heterocycles. The Hall–Kier alpha value is -1.95. The number of nitrogens with zero attached hydrogens (tertiary/aromatic N) is 1. The highest BCUT2D eigenvalue weighted by Gasteiger charge is 2.36. The summed E-state index contributed by atoms with van der Waals surface area (Å²) in [6.45, 7) is 10.0. The number of hydrogen-bond acceptors (Lipinski definition) is 4. The van der Waals surface area contributed by atoms with E-state index in [1.807, 2.05) is 27.7 Å². The number of benzene rings is 1. The number of nitrogens with one attached hydrogen (secondary N) is 1. The molecule has 0 saturated heterocycles. The van der Waals surface area contributed by atoms with E-state index in [2.05, 4.69) is 10.2 Å². The third-order valence-corrected chi connectivity index (χ3v) is 4.72. The Morgan fingerprint density at radius 2 is 1.96 bits per heavy atom. The standard InChI is InChI=1S/C19H27ClN2O4/c1-6-22(16-8-12(20)7-15(11(16)2)17(23)24)14-9-13(10-14)21-18(25)26-19(3,4)5/h7-8,13-14H,6,9-10H2,1-5H3,(H,21,25)(H,23,24). The van der Waals surface area contributed by atoms with Crippen LogP contribution in [0.4, 0.5) is 10.5 Å². The number of carboxylic acid groups (broad SMARTS) is 1. The summed E-state index contributed by atoms with van der Waals surface area (Å²) in [5.74, 6) is -0.986. The molecule has 26 heavy (non-hydrogen) atoms. The summed E-state index contributed by atoms with van der Waals surface area (Å²) in [5, 5.41) is 12.7. The molecule has 2 N–H and O–H groups in total. The van der Waals surface area contributed by atoms with E-state index in [1.165, 1.54) is 6.07 Å². The molecule has 1 aliphatic carbocycles. The Labute approximate surface area is 159 Å². The van der Waals surface area contributed by atoms with E-state index in [9.17, 15) is 14.7 Å². The molecule has 0 aliphatic heterocycles. The molecule has 144 valence electrons. The number of carbonyl (C=O) groups excluding carboxylic acids is 1. The van der Waals surface area contributed by atoms with E-state index in [1.54, 1.807) is 13.0 Å². The molecule has 2 rings (SSSR count). The average molecular weight is 383 g/mol. The predicted molar refractivity (Wildman–Crippen MR) is 102 cm³/mol. The van der Waals surface area contributed by atoms with Crippen molar-refractivity contribution in [3.8, 4) is 0 Å². The van der Waals surface area contributed by atoms with Crippen molar-refractivity contribution in [1.82, 2.24) is 5.32 Å². The van der Waals surface area contributed by atoms with Gasteiger partial charge in [0, 0.05) is 29.3 Å². The fraction of sp³-hybridized carbons (Fsp3) is 0.579. The van der Waals surface area contributed by atoms with Gasteiger partial charge in [0.1, 0.15) is 5.60 Å². The molecule has 1 aliphatic rings. The van der Waals surface area contributed by atoms with Gasteiger partial charge in [-0.15, -0.1) is 0 Å². The molecule has 6 nitrogen and oxygen atoms in total. The molecule has 1 aromatic carbocycles. The van der Waals surface area contributed by atoms with Gasteiger partial charge >= 0.3 is 12.1 Å². The van der Waals surface area contributed by atoms with Crippen molar-refractivity contribution in [2.24, 2.45) is 0 Å². The smallest absolute Gasteiger partial charge is 0.407 e. The van der Waals surface area contributed by atoms with Crippen LogP contribution in [0.5, 0.6) is 0 Å². The summed E-state index contributed by atoms with van der Waals surface area (Å²) >= 11 is 6.13. The summed E-state index contributed by atoms with van der Waals surface area (Å²) in [6, 6.07) is 3.56. The lowest BCUT2D eigenvalue weighted by Crippen LogP contribution is -2.54. The lowest BCUT2D eigenvalue weighted by molar-refractivity contribution is 0.0470. The molecule has 0 atom stereocenters. The zero-order chi connectivity index (χ0) is 19.6. The van der Waals surface area contributed by atoms with Crippen LogP contribution in [0.25, 0.3) is 0 Å². The van der Waals surface area contributed by atoms with Gasteiger partial charge in [-0.3, -0.25) is 0 Å². The molecule has 1 aromatic rings. The van der Waals surface area contributed by atoms with Crippen molar-refractivity contribution in [2.75, 3.05) is 11.4 Å². The molecule has 1 saturated carbocycles. The van der Waals surface area contributed by atoms with Gasteiger partial charge in [0.05, 0.1) is 5.56 Å². The average Bonchev–Trinajstić information content (AvgIpc) is 2.45. The minimum Gasteiger partial charge on any atom is -0.478 e. The highest BCUT2D eigenvalue weighted by Crippen LogP contribution is 2.35. The van der Waals surface area contributed by atoms with Crippen molar-refractivity contribution in [1.29, 1.82) is 0 Å². The number of aromatic carboxylic acids is 1. The summed E-state index contributed by atoms with van der Waals surface area (Å²) in [5.41, 5.74) is 1.23. The Morgan fingerprint density at radius 1 is 1.35 bits per heavy atom. The van der Waals surface area contributed by atoms with E-state index in [4.69, 9.17) is 16.3 Å². The molecule has 0 bridgehead atoms. The molecule has 0 radical (unpaired) electrons. The second-order valence-electron chi connectivity index (χ2n) is 7.66. The summed E-state index contributed by atoms with van der Waals surface area (Å²) < 4.78 is 5.28. The SMILES string of the molecule is CCN(c1cc(Cl)cc(C(=O)O)c1C)C1CC(NC(=O)OC(C)(C)C)C1. The first-order valence-electron chi connectivity index (χ1n) is 8.81. The van der Waals surface area contributed by atoms with Crippen LogP contribution in [0.1, 0.15) is 56.5 Å². The van der Waals surface area contributed by atoms with Crippen LogP contribution in [-0.4, -0.2) is 41.4 Å². The van der Waals surface area contributed by atoms with Crippen molar-refractivity contribution in [3.63, 3.8) is 0 Å². The van der Waals surface area contributed by atoms with E-state index >= 15 is 0 Å². The number of halogens is 1. The molecular weight excluding hydrogens is 356 g/mol. The summed E-state index contributed by atoms with van der Waals surface area (Å²) in [7, 11) is 0. The van der Waals surface area contributed by atoms with Gasteiger partial charge in [-0.2, -0.15) is 0 Å². The van der Waals surface area contributed by atoms with Gasteiger partial charge < -0.3 is 20.1 Å². The summed E-state index contributed by atoms with van der Waals surface area (Å²) in [4.78, 5) is 25.5. The van der Waals surface area contributed by atoms with E-state index in [0.717, 1.165) is 25.1 Å². The Bertz CT molecular complexity index is 694. The second-order valence-corrected chi connectivity index (χ2v) is 8.09. The van der Waals surface area contributed by atoms with Crippen LogP contribution in [0, 0.1) is 6.92 Å². The Morgan fingerprint density at radius 3 is 2.46 bits per heavy atom. The van der Waals surface area contributed by atoms with Crippen LogP contribution in [0.2, 0.25) is 5.02 Å². The number of alkyl carbamates (subject to hydrolysis) is 1. The first kappa shape index (κ1) is 20.4. The van der Waals surface area contributed by atoms with Crippen molar-refractivity contribution in [3.05, 3.63) is 28.3 Å². The number of carboxylic acids is 1. The molecule has 1 amide bonds. The van der Waals surface area contributed by atoms with Crippen molar-refractivity contribution >= 4 is 29.4 Å². The third-order valence-electron chi connectivity index (χ3n) is 4.50. The topological polar surface area (TPSA) is 78.9 Å². The predicted octanol–water partition coefficient (Wildman–Crippen LogP) is 4.23. The number of ether oxygens (including phenoxy) is 1. The van der Waals surface area contributed by atoms with Crippen LogP contribution in [-0.2, 0) is 4.74 Å². The fourth-order valence-corrected chi connectivity index (χ4v) is 3.46. The maximum Gasteiger partial charge on any atom is 0.407 e. The van der Waals surface area contributed by atoms with Gasteiger partial charge in [0.2, 0.25) is 0 Å². The maximum absolute atomic E-state index is 11.9. The number of carbonyl (C=O) groups is 2. The largest absolute Gasteiger partial charge is 0.478 e. The minimum absolute atomic E-state index is 0.0577. The monoisotopic (exact) mass is 382 g/mol. The highest BCUT2D eigenvalue weighted by atomic mass is 35.5. The number of hydrogen-bond donors (Lipinski definition) is 2. The zero-order valence-corrected chi connectivity index (χ0v) is 16.7. The number of rotatable bonds is 5. The number of anilines is 1. The van der Waals surface area contributed by atoms with Crippen LogP contribution < -0.4 is 10.2 Å². The minimum atomic E-state index is -0.986. The molecular formula is C19H27ClN2O4. The molecule has 0 unspecified atom stereocenters. The van der Waals surface area contributed by atoms with Gasteiger partial charge in [0.15, 0.2) is 0 Å². The molecule has 1 fully saturated rings. The second kappa shape index (κ2) is 7.74. The lowest BCUT2D eigenvalue weighted by Gasteiger charge is -2.44. The van der Waals surface area contributed by atoms with Crippen molar-refractivity contribution in [2.45, 2.75) is 65.1 Å². The zero-order valence-electron chi connectivity index (χ0n) is 15.9. The van der Waals surface area contributed by atoms with E-state index < -0.39 is 17.7 Å². The number of amides is 1. The Balaban J connectivity index is 2.06. The quantitative estimate of drug-likeness (QED) is 0.796. The van der Waals surface area contributed by atoms with E-state index in [-0.39, 0.29) is 17.6 Å². The van der Waals surface area contributed by atoms with Crippen LogP contribution in [0.15, 0.2) is 12.1 Å². The molecule has 0 spiro atoms. The first-order valence-corrected chi connectivity index (χ1v) is 9.19. The van der Waals surface area contributed by atoms with E-state index in [0.29, 0.717) is 10.6 Å². The van der Waals surface area contributed by atoms with Gasteiger partial charge in [-0.1, -0.05) is 11.6 Å². The van der Waals surface area contributed by atoms with Gasteiger partial charge in [-0.25, -0.2) is 9.59 Å². The first-order chi connectivity index (χ1) is 12.0. The van der Waals surface area contributed by atoms with Gasteiger partial charge in [-0.05, 0) is 65.2 Å². The van der Waals surface area contributed by atoms with Crippen LogP contribution >= 0.6 is 11.6 Å². The third kappa shape index (κ3) is 4.81. The highest BCUT2D eigenvalue weighted by molar-refractivity contribution is 6.31. The lowest BCUT2D eigenvalue weighted by atomic mass is 9.84. The molecule has 0 heterocycles.